The Morgan fingerprint density at radius 3 is 2.87 bits per heavy atom. The fourth-order valence-electron chi connectivity index (χ4n) is 1.18. The average Bonchev–Trinajstić information content (AvgIpc) is 3.01. The molecule has 0 unspecified atom stereocenters. The molecule has 1 fully saturated rings. The van der Waals surface area contributed by atoms with Gasteiger partial charge in [-0.25, -0.2) is 4.98 Å². The maximum absolute atomic E-state index is 11.1. The van der Waals surface area contributed by atoms with Crippen molar-refractivity contribution in [1.29, 1.82) is 0 Å². The summed E-state index contributed by atoms with van der Waals surface area (Å²) in [4.78, 5) is 15.0. The Hall–Kier alpha value is -1.78. The van der Waals surface area contributed by atoms with E-state index in [0.29, 0.717) is 11.5 Å². The van der Waals surface area contributed by atoms with Gasteiger partial charge in [0.1, 0.15) is 5.75 Å². The van der Waals surface area contributed by atoms with Crippen LogP contribution in [0.5, 0.6) is 11.5 Å². The van der Waals surface area contributed by atoms with Crippen molar-refractivity contribution in [2.45, 2.75) is 18.9 Å². The topological polar surface area (TPSA) is 74.4 Å². The zero-order valence-electron chi connectivity index (χ0n) is 8.40. The Balaban J connectivity index is 2.30. The number of ether oxygens (including phenoxy) is 2. The number of hydrogen-bond acceptors (Lipinski definition) is 4. The van der Waals surface area contributed by atoms with Crippen LogP contribution in [0.1, 0.15) is 23.3 Å². The van der Waals surface area contributed by atoms with E-state index in [1.165, 1.54) is 13.3 Å². The number of methoxy groups -OCH3 is 1. The van der Waals surface area contributed by atoms with Crippen LogP contribution in [0.15, 0.2) is 12.3 Å². The predicted octanol–water partition coefficient (Wildman–Crippen LogP) is 0.730. The lowest BCUT2D eigenvalue weighted by molar-refractivity contribution is 0.0990. The smallest absolute Gasteiger partial charge is 0.271 e. The molecule has 0 atom stereocenters. The second kappa shape index (κ2) is 3.76. The molecule has 0 saturated heterocycles. The van der Waals surface area contributed by atoms with Crippen LogP contribution >= 0.6 is 0 Å². The van der Waals surface area contributed by atoms with E-state index in [9.17, 15) is 4.79 Å². The van der Waals surface area contributed by atoms with Crippen LogP contribution in [-0.4, -0.2) is 24.1 Å². The van der Waals surface area contributed by atoms with Gasteiger partial charge >= 0.3 is 0 Å². The van der Waals surface area contributed by atoms with E-state index in [0.717, 1.165) is 12.8 Å². The number of primary amides is 1. The Morgan fingerprint density at radius 1 is 1.60 bits per heavy atom. The molecule has 1 heterocycles. The minimum Gasteiger partial charge on any atom is -0.495 e. The van der Waals surface area contributed by atoms with Gasteiger partial charge in [-0.1, -0.05) is 0 Å². The second-order valence-electron chi connectivity index (χ2n) is 3.40. The Bertz CT molecular complexity index is 388. The van der Waals surface area contributed by atoms with E-state index < -0.39 is 5.91 Å². The molecule has 1 aromatic heterocycles. The molecule has 0 bridgehead atoms. The third-order valence-electron chi connectivity index (χ3n) is 2.11. The number of carbonyl (C=O) groups excluding carboxylic acids is 1. The van der Waals surface area contributed by atoms with Crippen LogP contribution in [-0.2, 0) is 0 Å². The maximum atomic E-state index is 11.1. The monoisotopic (exact) mass is 208 g/mol. The van der Waals surface area contributed by atoms with Crippen molar-refractivity contribution in [2.24, 2.45) is 5.73 Å². The molecular formula is C10H12N2O3. The van der Waals surface area contributed by atoms with E-state index in [1.54, 1.807) is 6.07 Å². The molecule has 5 heteroatoms. The van der Waals surface area contributed by atoms with Crippen molar-refractivity contribution in [1.82, 2.24) is 4.98 Å². The van der Waals surface area contributed by atoms with E-state index in [4.69, 9.17) is 15.2 Å². The van der Waals surface area contributed by atoms with Gasteiger partial charge in [0, 0.05) is 6.07 Å². The van der Waals surface area contributed by atoms with Gasteiger partial charge in [-0.3, -0.25) is 4.79 Å². The van der Waals surface area contributed by atoms with Crippen molar-refractivity contribution in [2.75, 3.05) is 7.11 Å². The van der Waals surface area contributed by atoms with Gasteiger partial charge in [0.15, 0.2) is 11.4 Å². The van der Waals surface area contributed by atoms with Gasteiger partial charge in [0.25, 0.3) is 5.91 Å². The van der Waals surface area contributed by atoms with E-state index >= 15 is 0 Å². The highest BCUT2D eigenvalue weighted by atomic mass is 16.5. The number of pyridine rings is 1. The zero-order valence-corrected chi connectivity index (χ0v) is 8.40. The first-order valence-corrected chi connectivity index (χ1v) is 4.71. The van der Waals surface area contributed by atoms with E-state index in [2.05, 4.69) is 4.98 Å². The van der Waals surface area contributed by atoms with E-state index in [1.807, 2.05) is 0 Å². The fraction of sp³-hybridized carbons (Fsp3) is 0.400. The van der Waals surface area contributed by atoms with Crippen LogP contribution in [0, 0.1) is 0 Å². The third kappa shape index (κ3) is 2.18. The number of carbonyl (C=O) groups is 1. The molecule has 0 radical (unpaired) electrons. The number of rotatable bonds is 4. The largest absolute Gasteiger partial charge is 0.495 e. The van der Waals surface area contributed by atoms with E-state index in [-0.39, 0.29) is 11.8 Å². The minimum atomic E-state index is -0.590. The zero-order chi connectivity index (χ0) is 10.8. The Morgan fingerprint density at radius 2 is 2.33 bits per heavy atom. The molecule has 2 rings (SSSR count). The van der Waals surface area contributed by atoms with Crippen molar-refractivity contribution in [3.8, 4) is 11.5 Å². The molecule has 1 aromatic rings. The standard InChI is InChI=1S/C10H12N2O3/c1-14-7-4-8(15-6-2-3-6)9(10(11)13)12-5-7/h4-6H,2-3H2,1H3,(H2,11,13). The summed E-state index contributed by atoms with van der Waals surface area (Å²) in [6.45, 7) is 0. The van der Waals surface area contributed by atoms with Crippen molar-refractivity contribution in [3.05, 3.63) is 18.0 Å². The SMILES string of the molecule is COc1cnc(C(N)=O)c(OC2CC2)c1. The molecule has 1 saturated carbocycles. The molecule has 15 heavy (non-hydrogen) atoms. The Kier molecular flexibility index (Phi) is 2.45. The first-order chi connectivity index (χ1) is 7.20. The maximum Gasteiger partial charge on any atom is 0.271 e. The molecular weight excluding hydrogens is 196 g/mol. The number of nitrogens with zero attached hydrogens (tertiary/aromatic N) is 1. The lowest BCUT2D eigenvalue weighted by Gasteiger charge is -2.09. The third-order valence-corrected chi connectivity index (χ3v) is 2.11. The van der Waals surface area contributed by atoms with Crippen LogP contribution in [0.3, 0.4) is 0 Å². The summed E-state index contributed by atoms with van der Waals surface area (Å²) in [7, 11) is 1.53. The summed E-state index contributed by atoms with van der Waals surface area (Å²) < 4.78 is 10.5. The van der Waals surface area contributed by atoms with Gasteiger partial charge in [-0.2, -0.15) is 0 Å². The van der Waals surface area contributed by atoms with Crippen LogP contribution in [0.2, 0.25) is 0 Å². The molecule has 5 nitrogen and oxygen atoms in total. The highest BCUT2D eigenvalue weighted by molar-refractivity contribution is 5.93. The summed E-state index contributed by atoms with van der Waals surface area (Å²) in [6.07, 6.45) is 3.65. The normalized spacial score (nSPS) is 14.7. The van der Waals surface area contributed by atoms with Gasteiger partial charge in [-0.05, 0) is 12.8 Å². The molecule has 0 aromatic carbocycles. The summed E-state index contributed by atoms with van der Waals surface area (Å²) in [6, 6.07) is 1.63. The molecule has 1 aliphatic rings. The summed E-state index contributed by atoms with van der Waals surface area (Å²) in [5, 5.41) is 0. The molecule has 1 aliphatic carbocycles. The minimum absolute atomic E-state index is 0.155. The summed E-state index contributed by atoms with van der Waals surface area (Å²) in [5.74, 6) is 0.369. The van der Waals surface area contributed by atoms with Gasteiger partial charge < -0.3 is 15.2 Å². The lowest BCUT2D eigenvalue weighted by Crippen LogP contribution is -2.15. The summed E-state index contributed by atoms with van der Waals surface area (Å²) in [5.41, 5.74) is 5.34. The van der Waals surface area contributed by atoms with Crippen LogP contribution in [0.4, 0.5) is 0 Å². The highest BCUT2D eigenvalue weighted by Crippen LogP contribution is 2.30. The number of amides is 1. The first kappa shape index (κ1) is 9.76. The van der Waals surface area contributed by atoms with Gasteiger partial charge in [0.2, 0.25) is 0 Å². The molecule has 0 spiro atoms. The molecule has 1 amide bonds. The average molecular weight is 208 g/mol. The number of hydrogen-bond donors (Lipinski definition) is 1. The molecule has 80 valence electrons. The van der Waals surface area contributed by atoms with Crippen molar-refractivity contribution in [3.63, 3.8) is 0 Å². The van der Waals surface area contributed by atoms with Crippen LogP contribution < -0.4 is 15.2 Å². The predicted molar refractivity (Wildman–Crippen MR) is 53.0 cm³/mol. The number of aromatic nitrogens is 1. The highest BCUT2D eigenvalue weighted by Gasteiger charge is 2.26. The van der Waals surface area contributed by atoms with Crippen molar-refractivity contribution >= 4 is 5.91 Å². The van der Waals surface area contributed by atoms with Gasteiger partial charge in [-0.15, -0.1) is 0 Å². The first-order valence-electron chi connectivity index (χ1n) is 4.71. The fourth-order valence-corrected chi connectivity index (χ4v) is 1.18. The quantitative estimate of drug-likeness (QED) is 0.791. The number of nitrogens with two attached hydrogens (primary N) is 1. The van der Waals surface area contributed by atoms with Crippen LogP contribution in [0.25, 0.3) is 0 Å². The lowest BCUT2D eigenvalue weighted by atomic mass is 10.3. The summed E-state index contributed by atoms with van der Waals surface area (Å²) >= 11 is 0. The molecule has 2 N–H and O–H groups in total. The Labute approximate surface area is 87.2 Å². The van der Waals surface area contributed by atoms with Gasteiger partial charge in [0.05, 0.1) is 19.4 Å². The van der Waals surface area contributed by atoms with Crippen molar-refractivity contribution < 1.29 is 14.3 Å². The second-order valence-corrected chi connectivity index (χ2v) is 3.40. The molecule has 0 aliphatic heterocycles.